The van der Waals surface area contributed by atoms with Crippen LogP contribution in [0.5, 0.6) is 0 Å². The molecule has 0 bridgehead atoms. The summed E-state index contributed by atoms with van der Waals surface area (Å²) >= 11 is 1.04. The number of carbonyl (C=O) groups is 1. The third-order valence-electron chi connectivity index (χ3n) is 3.05. The SMILES string of the molecule is CSc1nc(Nc2cccc(S(=O)(=O)C(F)(F)F)c2)c(C(N)=O)c(=O)[nH]1. The van der Waals surface area contributed by atoms with E-state index in [-0.39, 0.29) is 16.7 Å². The fraction of sp³-hybridized carbons (Fsp3) is 0.154. The monoisotopic (exact) mass is 408 g/mol. The first-order chi connectivity index (χ1) is 12.0. The Bertz CT molecular complexity index is 1020. The van der Waals surface area contributed by atoms with Crippen molar-refractivity contribution in [2.45, 2.75) is 15.6 Å². The molecule has 0 radical (unpaired) electrons. The highest BCUT2D eigenvalue weighted by Crippen LogP contribution is 2.31. The third kappa shape index (κ3) is 3.83. The highest BCUT2D eigenvalue weighted by Gasteiger charge is 2.46. The van der Waals surface area contributed by atoms with Gasteiger partial charge in [0.25, 0.3) is 21.3 Å². The van der Waals surface area contributed by atoms with Gasteiger partial charge in [0.1, 0.15) is 5.56 Å². The molecule has 1 amide bonds. The standard InChI is InChI=1S/C13H11F3N4O4S2/c1-25-12-19-10(8(9(17)21)11(22)20-12)18-6-3-2-4-7(5-6)26(23,24)13(14,15)16/h2-5H,1H3,(H2,17,21)(H2,18,19,20,22). The van der Waals surface area contributed by atoms with Crippen LogP contribution in [0, 0.1) is 0 Å². The number of aromatic amines is 1. The fourth-order valence-corrected chi connectivity index (χ4v) is 3.06. The lowest BCUT2D eigenvalue weighted by molar-refractivity contribution is -0.0436. The minimum absolute atomic E-state index is 0.113. The number of nitrogens with one attached hydrogen (secondary N) is 2. The van der Waals surface area contributed by atoms with Gasteiger partial charge in [0.2, 0.25) is 0 Å². The van der Waals surface area contributed by atoms with Crippen LogP contribution in [0.25, 0.3) is 0 Å². The summed E-state index contributed by atoms with van der Waals surface area (Å²) in [7, 11) is -5.56. The number of primary amides is 1. The number of hydrogen-bond donors (Lipinski definition) is 3. The lowest BCUT2D eigenvalue weighted by Gasteiger charge is -2.12. The molecule has 0 atom stereocenters. The Kier molecular flexibility index (Phi) is 5.32. The number of nitrogens with two attached hydrogens (primary N) is 1. The molecule has 0 saturated heterocycles. The number of thioether (sulfide) groups is 1. The van der Waals surface area contributed by atoms with Gasteiger partial charge in [0, 0.05) is 5.69 Å². The number of halogens is 3. The highest BCUT2D eigenvalue weighted by molar-refractivity contribution is 7.98. The smallest absolute Gasteiger partial charge is 0.365 e. The zero-order valence-corrected chi connectivity index (χ0v) is 14.6. The van der Waals surface area contributed by atoms with Crippen LogP contribution in [0.2, 0.25) is 0 Å². The molecule has 0 aliphatic carbocycles. The fourth-order valence-electron chi connectivity index (χ4n) is 1.88. The van der Waals surface area contributed by atoms with Gasteiger partial charge in [0.05, 0.1) is 4.90 Å². The normalized spacial score (nSPS) is 12.0. The van der Waals surface area contributed by atoms with E-state index in [1.54, 1.807) is 6.26 Å². The number of rotatable bonds is 5. The topological polar surface area (TPSA) is 135 Å². The van der Waals surface area contributed by atoms with E-state index in [4.69, 9.17) is 5.73 Å². The second-order valence-corrected chi connectivity index (χ2v) is 7.50. The molecule has 1 heterocycles. The van der Waals surface area contributed by atoms with Crippen molar-refractivity contribution in [1.29, 1.82) is 0 Å². The molecule has 140 valence electrons. The molecule has 0 spiro atoms. The summed E-state index contributed by atoms with van der Waals surface area (Å²) < 4.78 is 61.0. The molecule has 2 rings (SSSR count). The van der Waals surface area contributed by atoms with Crippen molar-refractivity contribution in [2.75, 3.05) is 11.6 Å². The van der Waals surface area contributed by atoms with E-state index < -0.39 is 37.3 Å². The minimum atomic E-state index is -5.56. The van der Waals surface area contributed by atoms with Gasteiger partial charge in [-0.3, -0.25) is 9.59 Å². The van der Waals surface area contributed by atoms with E-state index in [9.17, 15) is 31.2 Å². The van der Waals surface area contributed by atoms with E-state index >= 15 is 0 Å². The summed E-state index contributed by atoms with van der Waals surface area (Å²) in [5, 5.41) is 2.57. The number of anilines is 2. The van der Waals surface area contributed by atoms with Crippen molar-refractivity contribution in [2.24, 2.45) is 5.73 Å². The summed E-state index contributed by atoms with van der Waals surface area (Å²) in [6.45, 7) is 0. The number of hydrogen-bond acceptors (Lipinski definition) is 7. The Labute approximate surface area is 148 Å². The summed E-state index contributed by atoms with van der Waals surface area (Å²) in [5.41, 5.74) is -1.88. The molecule has 1 aromatic heterocycles. The van der Waals surface area contributed by atoms with Crippen LogP contribution in [0.15, 0.2) is 39.1 Å². The first-order valence-corrected chi connectivity index (χ1v) is 9.34. The minimum Gasteiger partial charge on any atom is -0.365 e. The van der Waals surface area contributed by atoms with E-state index in [0.717, 1.165) is 23.9 Å². The molecule has 8 nitrogen and oxygen atoms in total. The summed E-state index contributed by atoms with van der Waals surface area (Å²) in [5.74, 6) is -1.43. The Hall–Kier alpha value is -2.54. The lowest BCUT2D eigenvalue weighted by Crippen LogP contribution is -2.26. The molecule has 4 N–H and O–H groups in total. The van der Waals surface area contributed by atoms with Gasteiger partial charge in [-0.2, -0.15) is 13.2 Å². The van der Waals surface area contributed by atoms with Crippen LogP contribution in [-0.4, -0.2) is 36.1 Å². The summed E-state index contributed by atoms with van der Waals surface area (Å²) in [6, 6.07) is 3.77. The Morgan fingerprint density at radius 1 is 1.35 bits per heavy atom. The summed E-state index contributed by atoms with van der Waals surface area (Å²) in [4.78, 5) is 28.6. The maximum atomic E-state index is 12.7. The predicted octanol–water partition coefficient (Wildman–Crippen LogP) is 1.63. The third-order valence-corrected chi connectivity index (χ3v) is 5.11. The number of sulfone groups is 1. The first kappa shape index (κ1) is 19.8. The molecule has 2 aromatic rings. The Morgan fingerprint density at radius 3 is 2.54 bits per heavy atom. The molecule has 0 unspecified atom stereocenters. The van der Waals surface area contributed by atoms with Gasteiger partial charge in [-0.25, -0.2) is 13.4 Å². The van der Waals surface area contributed by atoms with Gasteiger partial charge in [-0.15, -0.1) is 0 Å². The van der Waals surface area contributed by atoms with Crippen LogP contribution in [0.3, 0.4) is 0 Å². The largest absolute Gasteiger partial charge is 0.501 e. The molecule has 13 heteroatoms. The first-order valence-electron chi connectivity index (χ1n) is 6.64. The molecule has 0 saturated carbocycles. The van der Waals surface area contributed by atoms with Gasteiger partial charge >= 0.3 is 5.51 Å². The van der Waals surface area contributed by atoms with Crippen molar-refractivity contribution in [3.05, 3.63) is 40.2 Å². The number of H-pyrrole nitrogens is 1. The van der Waals surface area contributed by atoms with Crippen molar-refractivity contribution in [3.63, 3.8) is 0 Å². The van der Waals surface area contributed by atoms with Gasteiger partial charge in [-0.1, -0.05) is 17.8 Å². The molecule has 0 fully saturated rings. The van der Waals surface area contributed by atoms with E-state index in [0.29, 0.717) is 6.07 Å². The van der Waals surface area contributed by atoms with Crippen LogP contribution < -0.4 is 16.6 Å². The van der Waals surface area contributed by atoms with Crippen molar-refractivity contribution >= 4 is 39.0 Å². The van der Waals surface area contributed by atoms with Crippen LogP contribution in [0.4, 0.5) is 24.7 Å². The number of carbonyl (C=O) groups excluding carboxylic acids is 1. The quantitative estimate of drug-likeness (QED) is 0.505. The predicted molar refractivity (Wildman–Crippen MR) is 88.1 cm³/mol. The number of aromatic nitrogens is 2. The molecular weight excluding hydrogens is 397 g/mol. The molecule has 0 aliphatic rings. The van der Waals surface area contributed by atoms with Gasteiger partial charge < -0.3 is 16.0 Å². The van der Waals surface area contributed by atoms with Gasteiger partial charge in [-0.05, 0) is 24.5 Å². The maximum Gasteiger partial charge on any atom is 0.501 e. The Balaban J connectivity index is 2.54. The average molecular weight is 408 g/mol. The zero-order valence-electron chi connectivity index (χ0n) is 12.9. The second-order valence-electron chi connectivity index (χ2n) is 4.77. The van der Waals surface area contributed by atoms with E-state index in [1.165, 1.54) is 6.07 Å². The van der Waals surface area contributed by atoms with Crippen molar-refractivity contribution in [3.8, 4) is 0 Å². The van der Waals surface area contributed by atoms with Crippen LogP contribution >= 0.6 is 11.8 Å². The Morgan fingerprint density at radius 2 is 2.00 bits per heavy atom. The van der Waals surface area contributed by atoms with E-state index in [2.05, 4.69) is 15.3 Å². The molecular formula is C13H11F3N4O4S2. The summed E-state index contributed by atoms with van der Waals surface area (Å²) in [6.07, 6.45) is 1.59. The van der Waals surface area contributed by atoms with Crippen LogP contribution in [0.1, 0.15) is 10.4 Å². The maximum absolute atomic E-state index is 12.7. The van der Waals surface area contributed by atoms with Crippen molar-refractivity contribution < 1.29 is 26.4 Å². The lowest BCUT2D eigenvalue weighted by atomic mass is 10.2. The van der Waals surface area contributed by atoms with Crippen LogP contribution in [-0.2, 0) is 9.84 Å². The number of amides is 1. The zero-order chi connectivity index (χ0) is 19.7. The average Bonchev–Trinajstić information content (AvgIpc) is 2.53. The van der Waals surface area contributed by atoms with Gasteiger partial charge in [0.15, 0.2) is 11.0 Å². The highest BCUT2D eigenvalue weighted by atomic mass is 32.2. The molecule has 26 heavy (non-hydrogen) atoms. The number of benzene rings is 1. The van der Waals surface area contributed by atoms with E-state index in [1.807, 2.05) is 0 Å². The molecule has 0 aliphatic heterocycles. The molecule has 1 aromatic carbocycles. The second kappa shape index (κ2) is 6.99. The number of alkyl halides is 3. The number of nitrogens with zero attached hydrogens (tertiary/aromatic N) is 1. The van der Waals surface area contributed by atoms with Crippen molar-refractivity contribution in [1.82, 2.24) is 9.97 Å².